The Morgan fingerprint density at radius 3 is 1.62 bits per heavy atom. The van der Waals surface area contributed by atoms with Crippen molar-refractivity contribution in [2.75, 3.05) is 40.1 Å². The molecule has 31 nitrogen and oxygen atoms in total. The summed E-state index contributed by atoms with van der Waals surface area (Å²) in [5.74, 6) is -7.57. The lowest BCUT2D eigenvalue weighted by Gasteiger charge is -2.54. The minimum absolute atomic E-state index is 0.863. The van der Waals surface area contributed by atoms with Crippen molar-refractivity contribution in [1.29, 1.82) is 0 Å². The average molecular weight is 1010 g/mol. The first kappa shape index (κ1) is 57.3. The highest BCUT2D eigenvalue weighted by molar-refractivity contribution is 5.75. The van der Waals surface area contributed by atoms with E-state index in [-0.39, 0.29) is 0 Å². The highest BCUT2D eigenvalue weighted by Crippen LogP contribution is 2.40. The molecule has 5 fully saturated rings. The number of carboxylic acids is 1. The molecule has 400 valence electrons. The van der Waals surface area contributed by atoms with Crippen LogP contribution in [0.5, 0.6) is 0 Å². The second kappa shape index (κ2) is 24.4. The van der Waals surface area contributed by atoms with Gasteiger partial charge in [-0.15, -0.1) is 0 Å². The first-order valence-electron chi connectivity index (χ1n) is 21.6. The number of rotatable bonds is 19. The zero-order valence-electron chi connectivity index (χ0n) is 37.1. The normalized spacial score (nSPS) is 46.1. The zero-order valence-corrected chi connectivity index (χ0v) is 37.1. The molecule has 0 aliphatic carbocycles. The van der Waals surface area contributed by atoms with Gasteiger partial charge in [-0.05, 0) is 0 Å². The molecule has 12 unspecified atom stereocenters. The standard InChI is InChI=1S/C38H64N2O29/c1-10(46)39-18-12(48)4-38(37(58)59,68-31(18)20(50)13(49)5-41)69-32-27(57)36(65-28-16(8-44)63-34(60-3)26(56)24(28)54)64-17(9-45)29(32)66-33-19(40-11(2)47)30(22(52)15(7-43)61-33)67-35-25(55)23(53)21(51)14(6-42)62-35/h12-36,41-45,48-57H,4-9H2,1-3H3,(H,39,46)(H,40,47)(H,58,59)/p-1/t12-,13+,14?,15?,16?,17?,18+,19?,20+,21-,22-,23?,24?,25?,26?,27?,28-,29-,30?,31+,32?,33-,34+,35-,36-,38-/m0/s1. The maximum atomic E-state index is 13.3. The number of amides is 2. The Hall–Kier alpha value is -2.59. The van der Waals surface area contributed by atoms with E-state index >= 15 is 0 Å². The van der Waals surface area contributed by atoms with Gasteiger partial charge in [0.15, 0.2) is 25.2 Å². The molecule has 5 aliphatic heterocycles. The van der Waals surface area contributed by atoms with E-state index in [2.05, 4.69) is 10.6 Å². The zero-order chi connectivity index (χ0) is 51.4. The molecule has 0 aromatic rings. The number of methoxy groups -OCH3 is 1. The monoisotopic (exact) mass is 1010 g/mol. The highest BCUT2D eigenvalue weighted by atomic mass is 16.8. The number of carbonyl (C=O) groups excluding carboxylic acids is 3. The summed E-state index contributed by atoms with van der Waals surface area (Å²) in [4.78, 5) is 38.3. The molecule has 5 rings (SSSR count). The second-order valence-electron chi connectivity index (χ2n) is 17.0. The number of hydrogen-bond acceptors (Lipinski definition) is 29. The predicted octanol–water partition coefficient (Wildman–Crippen LogP) is -13.1. The van der Waals surface area contributed by atoms with E-state index in [1.807, 2.05) is 0 Å². The molecule has 0 aromatic heterocycles. The lowest BCUT2D eigenvalue weighted by molar-refractivity contribution is -0.421. The number of nitrogens with one attached hydrogen (secondary N) is 2. The fourth-order valence-corrected chi connectivity index (χ4v) is 8.71. The summed E-state index contributed by atoms with van der Waals surface area (Å²) in [5.41, 5.74) is 0. The Labute approximate surface area is 391 Å². The van der Waals surface area contributed by atoms with Crippen LogP contribution in [0.2, 0.25) is 0 Å². The second-order valence-corrected chi connectivity index (χ2v) is 17.0. The molecule has 0 bridgehead atoms. The van der Waals surface area contributed by atoms with Crippen LogP contribution in [0.25, 0.3) is 0 Å². The van der Waals surface area contributed by atoms with Crippen molar-refractivity contribution in [3.05, 3.63) is 0 Å². The van der Waals surface area contributed by atoms with Gasteiger partial charge in [0.05, 0.1) is 45.2 Å². The van der Waals surface area contributed by atoms with Crippen molar-refractivity contribution < 1.29 is 143 Å². The molecule has 17 N–H and O–H groups in total. The van der Waals surface area contributed by atoms with E-state index in [0.717, 1.165) is 21.0 Å². The molecule has 0 spiro atoms. The minimum atomic E-state index is -3.42. The van der Waals surface area contributed by atoms with Crippen LogP contribution in [0.1, 0.15) is 20.3 Å². The first-order chi connectivity index (χ1) is 32.5. The number of ether oxygens (including phenoxy) is 10. The van der Waals surface area contributed by atoms with Gasteiger partial charge in [-0.25, -0.2) is 0 Å². The fraction of sp³-hybridized carbons (Fsp3) is 0.921. The quantitative estimate of drug-likeness (QED) is 0.0571. The van der Waals surface area contributed by atoms with Crippen molar-refractivity contribution in [2.24, 2.45) is 0 Å². The van der Waals surface area contributed by atoms with E-state index in [1.54, 1.807) is 0 Å². The van der Waals surface area contributed by atoms with E-state index in [9.17, 15) is 96.1 Å². The van der Waals surface area contributed by atoms with Gasteiger partial charge in [0, 0.05) is 27.4 Å². The lowest BCUT2D eigenvalue weighted by Crippen LogP contribution is -2.73. The molecule has 0 saturated carbocycles. The molecule has 26 atom stereocenters. The van der Waals surface area contributed by atoms with Gasteiger partial charge in [-0.2, -0.15) is 0 Å². The average Bonchev–Trinajstić information content (AvgIpc) is 3.31. The molecule has 2 amide bonds. The van der Waals surface area contributed by atoms with E-state index in [0.29, 0.717) is 0 Å². The summed E-state index contributed by atoms with van der Waals surface area (Å²) >= 11 is 0. The minimum Gasteiger partial charge on any atom is -0.544 e. The SMILES string of the molecule is CO[C@@H]1OC(CO)[C@H](O[C@@H]2OC(CO)[C@H](O[C@@H]3OC(CO)[C@H](O)C(O[C@@H]4OC(CO)[C@H](O)C(O)C4O)C3NC(C)=O)C(O[C@]3(C(=O)[O-])C[C@H](O)[C@@H](NC(C)=O)[C@H]([C@H](O)[C@H](O)CO)O3)C2O)C(O)C1O. The number of carbonyl (C=O) groups is 3. The Kier molecular flexibility index (Phi) is 20.3. The number of carboxylic acid groups (broad SMARTS) is 1. The third-order valence-electron chi connectivity index (χ3n) is 12.3. The molecular formula is C38H63N2O29-. The Morgan fingerprint density at radius 2 is 1.07 bits per heavy atom. The van der Waals surface area contributed by atoms with Crippen LogP contribution in [0.15, 0.2) is 0 Å². The van der Waals surface area contributed by atoms with Gasteiger partial charge in [-0.3, -0.25) is 9.59 Å². The number of aliphatic carboxylic acids is 1. The number of aliphatic hydroxyl groups excluding tert-OH is 15. The molecule has 31 heteroatoms. The molecule has 5 aliphatic rings. The van der Waals surface area contributed by atoms with Gasteiger partial charge < -0.3 is 145 Å². The summed E-state index contributed by atoms with van der Waals surface area (Å²) < 4.78 is 57.1. The van der Waals surface area contributed by atoms with E-state index in [4.69, 9.17) is 47.4 Å². The smallest absolute Gasteiger partial charge is 0.217 e. The lowest BCUT2D eigenvalue weighted by atomic mass is 9.88. The molecule has 5 heterocycles. The summed E-state index contributed by atoms with van der Waals surface area (Å²) in [6, 6.07) is -3.61. The van der Waals surface area contributed by atoms with Crippen molar-refractivity contribution in [3.8, 4) is 0 Å². The highest BCUT2D eigenvalue weighted by Gasteiger charge is 2.60. The third-order valence-corrected chi connectivity index (χ3v) is 12.3. The van der Waals surface area contributed by atoms with Gasteiger partial charge in [0.1, 0.15) is 122 Å². The van der Waals surface area contributed by atoms with Crippen LogP contribution >= 0.6 is 0 Å². The largest absolute Gasteiger partial charge is 0.544 e. The maximum absolute atomic E-state index is 13.3. The van der Waals surface area contributed by atoms with Crippen LogP contribution in [0.4, 0.5) is 0 Å². The first-order valence-corrected chi connectivity index (χ1v) is 21.6. The summed E-state index contributed by atoms with van der Waals surface area (Å²) in [7, 11) is 1.10. The van der Waals surface area contributed by atoms with Gasteiger partial charge in [0.25, 0.3) is 0 Å². The van der Waals surface area contributed by atoms with Gasteiger partial charge in [-0.1, -0.05) is 0 Å². The van der Waals surface area contributed by atoms with E-state index in [1.165, 1.54) is 0 Å². The van der Waals surface area contributed by atoms with Crippen molar-refractivity contribution >= 4 is 17.8 Å². The topological polar surface area (TPSA) is 494 Å². The number of hydrogen-bond donors (Lipinski definition) is 17. The van der Waals surface area contributed by atoms with Crippen molar-refractivity contribution in [3.63, 3.8) is 0 Å². The van der Waals surface area contributed by atoms with Crippen LogP contribution in [-0.4, -0.2) is 294 Å². The Morgan fingerprint density at radius 1 is 0.594 bits per heavy atom. The van der Waals surface area contributed by atoms with Crippen molar-refractivity contribution in [2.45, 2.75) is 179 Å². The van der Waals surface area contributed by atoms with Crippen molar-refractivity contribution in [1.82, 2.24) is 10.6 Å². The summed E-state index contributed by atoms with van der Waals surface area (Å²) in [6.45, 7) is -3.40. The maximum Gasteiger partial charge on any atom is 0.217 e. The van der Waals surface area contributed by atoms with Crippen LogP contribution in [0, 0.1) is 0 Å². The fourth-order valence-electron chi connectivity index (χ4n) is 8.71. The summed E-state index contributed by atoms with van der Waals surface area (Å²) in [5, 5.41) is 178. The van der Waals surface area contributed by atoms with Gasteiger partial charge in [0.2, 0.25) is 17.6 Å². The molecule has 0 aromatic carbocycles. The summed E-state index contributed by atoms with van der Waals surface area (Å²) in [6.07, 6.45) is -47.6. The van der Waals surface area contributed by atoms with E-state index < -0.39 is 216 Å². The Bertz CT molecular complexity index is 1670. The van der Waals surface area contributed by atoms with Gasteiger partial charge >= 0.3 is 0 Å². The van der Waals surface area contributed by atoms with Crippen LogP contribution in [-0.2, 0) is 61.8 Å². The predicted molar refractivity (Wildman–Crippen MR) is 209 cm³/mol. The third kappa shape index (κ3) is 12.3. The number of aliphatic hydroxyl groups is 15. The molecule has 69 heavy (non-hydrogen) atoms. The molecular weight excluding hydrogens is 948 g/mol. The molecule has 0 radical (unpaired) electrons. The van der Waals surface area contributed by atoms with Crippen LogP contribution < -0.4 is 15.7 Å². The molecule has 5 saturated heterocycles. The Balaban J connectivity index is 1.61. The van der Waals surface area contributed by atoms with Crippen LogP contribution in [0.3, 0.4) is 0 Å².